The van der Waals surface area contributed by atoms with E-state index in [-0.39, 0.29) is 42.6 Å². The van der Waals surface area contributed by atoms with Crippen LogP contribution in [-0.4, -0.2) is 95.9 Å². The van der Waals surface area contributed by atoms with Gasteiger partial charge < -0.3 is 56.5 Å². The Labute approximate surface area is 328 Å². The number of carboxylic acids is 2. The average molecular weight is 858 g/mol. The summed E-state index contributed by atoms with van der Waals surface area (Å²) in [5.41, 5.74) is 11.9. The fourth-order valence-corrected chi connectivity index (χ4v) is 8.85. The smallest absolute Gasteiger partial charge is 0.429 e. The minimum absolute atomic E-state index is 0.0124. The van der Waals surface area contributed by atoms with Gasteiger partial charge in [0.15, 0.2) is 22.7 Å². The number of nitrogens with zero attached hydrogens (tertiary/aromatic N) is 6. The van der Waals surface area contributed by atoms with Gasteiger partial charge in [0.1, 0.15) is 25.1 Å². The lowest BCUT2D eigenvalue weighted by Crippen LogP contribution is -2.60. The number of aliphatic imine (C=N–C) groups is 1. The summed E-state index contributed by atoms with van der Waals surface area (Å²) >= 11 is 3.93. The van der Waals surface area contributed by atoms with Gasteiger partial charge in [-0.1, -0.05) is 16.9 Å². The number of thioether (sulfide) groups is 2. The summed E-state index contributed by atoms with van der Waals surface area (Å²) in [6.45, 7) is 1.49. The van der Waals surface area contributed by atoms with Crippen LogP contribution in [0.15, 0.2) is 55.0 Å². The molecule has 10 N–H and O–H groups in total. The first-order chi connectivity index (χ1) is 26.0. The zero-order valence-corrected chi connectivity index (χ0v) is 32.9. The Morgan fingerprint density at radius 3 is 2.62 bits per heavy atom. The summed E-state index contributed by atoms with van der Waals surface area (Å²) in [6.07, 6.45) is 3.91. The normalized spacial score (nSPS) is 16.1. The molecule has 0 fully saturated rings. The van der Waals surface area contributed by atoms with Crippen LogP contribution in [0.4, 0.5) is 5.13 Å². The molecule has 0 saturated heterocycles. The quantitative estimate of drug-likeness (QED) is 0.0157. The molecule has 0 aliphatic carbocycles. The van der Waals surface area contributed by atoms with E-state index < -0.39 is 66.5 Å². The van der Waals surface area contributed by atoms with Gasteiger partial charge in [0.25, 0.3) is 11.8 Å². The van der Waals surface area contributed by atoms with Gasteiger partial charge in [-0.05, 0) is 19.8 Å². The van der Waals surface area contributed by atoms with Crippen LogP contribution in [0.3, 0.4) is 0 Å². The van der Waals surface area contributed by atoms with Crippen molar-refractivity contribution in [2.24, 2.45) is 28.7 Å². The lowest BCUT2D eigenvalue weighted by Gasteiger charge is -2.33. The van der Waals surface area contributed by atoms with Gasteiger partial charge >= 0.3 is 7.75 Å². The van der Waals surface area contributed by atoms with Crippen molar-refractivity contribution in [2.75, 3.05) is 24.0 Å². The molecule has 3 aromatic heterocycles. The van der Waals surface area contributed by atoms with Crippen LogP contribution in [0.5, 0.6) is 0 Å². The molecule has 3 atom stereocenters. The molecular formula is C28H34N12O10PS4-. The van der Waals surface area contributed by atoms with Gasteiger partial charge in [0.05, 0.1) is 23.3 Å². The van der Waals surface area contributed by atoms with Crippen LogP contribution in [0.2, 0.25) is 0 Å². The van der Waals surface area contributed by atoms with E-state index in [1.54, 1.807) is 6.92 Å². The summed E-state index contributed by atoms with van der Waals surface area (Å²) in [6, 6.07) is 0.911. The van der Waals surface area contributed by atoms with Gasteiger partial charge in [-0.3, -0.25) is 25.0 Å². The fourth-order valence-electron chi connectivity index (χ4n) is 4.31. The number of carbonyl (C=O) groups excluding carboxylic acids is 4. The number of hydrogen-bond acceptors (Lipinski definition) is 19. The highest BCUT2D eigenvalue weighted by Gasteiger charge is 2.37. The number of nitrogens with two attached hydrogens (primary N) is 2. The van der Waals surface area contributed by atoms with Crippen molar-refractivity contribution in [3.8, 4) is 11.3 Å². The van der Waals surface area contributed by atoms with Crippen molar-refractivity contribution >= 4 is 94.7 Å². The second kappa shape index (κ2) is 19.8. The number of thiazole rings is 1. The Morgan fingerprint density at radius 2 is 1.96 bits per heavy atom. The first-order valence-corrected chi connectivity index (χ1v) is 20.8. The number of hydrogen-bond donors (Lipinski definition) is 8. The number of carbonyl (C=O) groups is 4. The predicted octanol–water partition coefficient (Wildman–Crippen LogP) is -3.08. The van der Waals surface area contributed by atoms with E-state index >= 15 is 0 Å². The molecule has 3 aromatic rings. The lowest BCUT2D eigenvalue weighted by atomic mass is 10.2. The number of aliphatic carboxylic acids is 2. The van der Waals surface area contributed by atoms with Crippen LogP contribution >= 0.6 is 54.1 Å². The second-order valence-electron chi connectivity index (χ2n) is 11.0. The van der Waals surface area contributed by atoms with Gasteiger partial charge in [0, 0.05) is 57.9 Å². The van der Waals surface area contributed by atoms with Gasteiger partial charge in [-0.15, -0.1) is 23.1 Å². The number of aromatic nitrogens is 4. The number of amides is 2. The molecule has 1 aliphatic heterocycles. The number of pyridine rings is 1. The minimum atomic E-state index is -4.79. The van der Waals surface area contributed by atoms with Gasteiger partial charge in [0.2, 0.25) is 16.7 Å². The van der Waals surface area contributed by atoms with E-state index in [2.05, 4.69) is 40.4 Å². The summed E-state index contributed by atoms with van der Waals surface area (Å²) in [7, 11) is -2.92. The third-order valence-corrected chi connectivity index (χ3v) is 11.6. The van der Waals surface area contributed by atoms with Gasteiger partial charge in [-0.25, -0.2) is 14.1 Å². The fraction of sp³-hybridized carbons (Fsp3) is 0.357. The molecule has 22 nitrogen and oxygen atoms in total. The van der Waals surface area contributed by atoms with E-state index in [1.807, 2.05) is 46.6 Å². The Balaban J connectivity index is 1.60. The highest BCUT2D eigenvalue weighted by atomic mass is 32.2. The largest absolute Gasteiger partial charge is 0.548 e. The van der Waals surface area contributed by atoms with Crippen LogP contribution in [0.1, 0.15) is 25.6 Å². The number of aryl methyl sites for hydroxylation is 1. The van der Waals surface area contributed by atoms with E-state index in [1.165, 1.54) is 11.3 Å². The highest BCUT2D eigenvalue weighted by molar-refractivity contribution is 8.07. The monoisotopic (exact) mass is 857 g/mol. The molecule has 0 saturated carbocycles. The van der Waals surface area contributed by atoms with Crippen LogP contribution < -0.4 is 47.3 Å². The molecule has 27 heteroatoms. The Kier molecular flexibility index (Phi) is 15.5. The first-order valence-electron chi connectivity index (χ1n) is 15.7. The van der Waals surface area contributed by atoms with E-state index in [4.69, 9.17) is 16.3 Å². The molecule has 1 aliphatic rings. The Hall–Kier alpha value is -4.69. The summed E-state index contributed by atoms with van der Waals surface area (Å²) in [4.78, 5) is 87.1. The van der Waals surface area contributed by atoms with Crippen molar-refractivity contribution in [2.45, 2.75) is 41.6 Å². The topological polar surface area (TPSA) is 349 Å². The van der Waals surface area contributed by atoms with E-state index in [0.29, 0.717) is 26.5 Å². The SMILES string of the molecule is CCO/N=C(/C(=O)NC(C(=O)NC(N)=NCCCC(N)C(=O)[O-])C1NC(C(=O)[O-])=C(Sc2nc(-c3cc[n+](C)cc3)cs2)CS1)c1nsc(NP(=O)(O)O)n1. The van der Waals surface area contributed by atoms with Crippen molar-refractivity contribution in [3.05, 3.63) is 46.3 Å². The number of carboxylic acid groups (broad SMARTS) is 2. The molecule has 3 unspecified atom stereocenters. The maximum absolute atomic E-state index is 13.7. The number of anilines is 1. The van der Waals surface area contributed by atoms with E-state index in [9.17, 15) is 43.7 Å². The standard InChI is InChI=1S/C28H35N12O10PS4/c1-3-50-37-18(20-35-27(55-39-20)38-51(47,48)49)21(41)33-19(22(42)36-26(30)31-8-4-5-14(29)24(43)44)23-34-17(25(45)46)16(12-52-23)54-28-32-15(11-53-28)13-6-9-40(2)10-7-13/h6-7,9-11,14,19,23,34H,3-5,8,12,29H2,1-2H3,(H8-,30,31,33,35,36,38,39,41,42,43,44,45,46,47,48,49)/p-1/b37-18+. The second-order valence-corrected chi connectivity index (χ2v) is 16.4. The van der Waals surface area contributed by atoms with Crippen LogP contribution in [0.25, 0.3) is 11.3 Å². The van der Waals surface area contributed by atoms with Crippen LogP contribution in [-0.2, 0) is 35.6 Å². The first kappa shape index (κ1) is 43.0. The lowest BCUT2D eigenvalue weighted by molar-refractivity contribution is -0.671. The molecule has 4 heterocycles. The van der Waals surface area contributed by atoms with Crippen LogP contribution in [0, 0.1) is 0 Å². The molecular weight excluding hydrogens is 824 g/mol. The average Bonchev–Trinajstić information content (AvgIpc) is 3.78. The molecule has 55 heavy (non-hydrogen) atoms. The number of guanidine groups is 1. The number of oxime groups is 1. The van der Waals surface area contributed by atoms with Gasteiger partial charge in [-0.2, -0.15) is 9.36 Å². The molecule has 0 bridgehead atoms. The third-order valence-electron chi connectivity index (χ3n) is 6.89. The summed E-state index contributed by atoms with van der Waals surface area (Å²) in [5.74, 6) is -5.93. The highest BCUT2D eigenvalue weighted by Crippen LogP contribution is 2.39. The predicted molar refractivity (Wildman–Crippen MR) is 199 cm³/mol. The molecule has 0 aromatic carbocycles. The maximum atomic E-state index is 13.7. The maximum Gasteiger partial charge on any atom is 0.429 e. The molecule has 296 valence electrons. The molecule has 0 radical (unpaired) electrons. The van der Waals surface area contributed by atoms with Crippen molar-refractivity contribution in [1.29, 1.82) is 0 Å². The molecule has 0 spiro atoms. The molecule has 4 rings (SSSR count). The zero-order valence-electron chi connectivity index (χ0n) is 28.7. The van der Waals surface area contributed by atoms with Crippen molar-refractivity contribution in [3.63, 3.8) is 0 Å². The zero-order chi connectivity index (χ0) is 40.3. The third kappa shape index (κ3) is 13.0. The summed E-state index contributed by atoms with van der Waals surface area (Å²) in [5, 5.41) is 36.7. The van der Waals surface area contributed by atoms with Crippen molar-refractivity contribution < 1.29 is 53.1 Å². The van der Waals surface area contributed by atoms with Crippen molar-refractivity contribution in [1.82, 2.24) is 30.3 Å². The number of nitrogens with one attached hydrogen (secondary N) is 4. The summed E-state index contributed by atoms with van der Waals surface area (Å²) < 4.78 is 17.7. The minimum Gasteiger partial charge on any atom is -0.548 e. The Bertz CT molecular complexity index is 2020. The Morgan fingerprint density at radius 1 is 1.24 bits per heavy atom. The van der Waals surface area contributed by atoms with E-state index in [0.717, 1.165) is 29.1 Å². The molecule has 2 amide bonds. The number of rotatable bonds is 18.